The Morgan fingerprint density at radius 2 is 1.80 bits per heavy atom. The molecule has 0 saturated carbocycles. The lowest BCUT2D eigenvalue weighted by Crippen LogP contribution is -2.52. The predicted molar refractivity (Wildman–Crippen MR) is 98.7 cm³/mol. The number of benzene rings is 1. The third kappa shape index (κ3) is 6.17. The maximum absolute atomic E-state index is 13.0. The number of sulfonamides is 1. The molecule has 140 valence electrons. The Bertz CT molecular complexity index is 711. The van der Waals surface area contributed by atoms with Gasteiger partial charge in [0.15, 0.2) is 5.96 Å². The number of hydrogen-bond donors (Lipinski definition) is 2. The van der Waals surface area contributed by atoms with E-state index in [2.05, 4.69) is 14.6 Å². The molecule has 1 aliphatic rings. The molecule has 1 aromatic carbocycles. The molecule has 0 aromatic heterocycles. The summed E-state index contributed by atoms with van der Waals surface area (Å²) in [5, 5.41) is 0. The molecule has 0 spiro atoms. The van der Waals surface area contributed by atoms with Gasteiger partial charge in [0.2, 0.25) is 10.0 Å². The fourth-order valence-corrected chi connectivity index (χ4v) is 3.83. The van der Waals surface area contributed by atoms with E-state index < -0.39 is 15.6 Å². The van der Waals surface area contributed by atoms with Crippen molar-refractivity contribution in [1.82, 2.24) is 9.62 Å². The Hall–Kier alpha value is -1.87. The van der Waals surface area contributed by atoms with Crippen LogP contribution in [0.25, 0.3) is 0 Å². The Labute approximate surface area is 148 Å². The first-order chi connectivity index (χ1) is 11.6. The fourth-order valence-electron chi connectivity index (χ4n) is 2.76. The highest BCUT2D eigenvalue weighted by atomic mass is 32.2. The Balaban J connectivity index is 1.90. The van der Waals surface area contributed by atoms with E-state index in [0.29, 0.717) is 19.0 Å². The van der Waals surface area contributed by atoms with Gasteiger partial charge in [0.05, 0.1) is 12.8 Å². The molecule has 2 rings (SSSR count). The summed E-state index contributed by atoms with van der Waals surface area (Å²) in [6.07, 6.45) is 1.12. The van der Waals surface area contributed by atoms with Gasteiger partial charge >= 0.3 is 0 Å². The lowest BCUT2D eigenvalue weighted by Gasteiger charge is -2.37. The monoisotopic (exact) mass is 371 g/mol. The molecule has 1 fully saturated rings. The second-order valence-corrected chi connectivity index (χ2v) is 8.63. The second kappa shape index (κ2) is 7.57. The van der Waals surface area contributed by atoms with Crippen molar-refractivity contribution in [2.75, 3.05) is 43.9 Å². The molecular weight excluding hydrogens is 345 g/mol. The summed E-state index contributed by atoms with van der Waals surface area (Å²) >= 11 is 0. The van der Waals surface area contributed by atoms with Gasteiger partial charge in [-0.25, -0.2) is 17.5 Å². The standard InChI is InChI=1S/C16H26FN5O2S/c1-16(2,20-25(3,23)24)12-19-15(18)22-10-8-21(9-11-22)14-6-4-13(17)5-7-14/h4-7,20H,8-12H2,1-3H3,(H2,18,19). The van der Waals surface area contributed by atoms with Gasteiger partial charge in [-0.1, -0.05) is 0 Å². The second-order valence-electron chi connectivity index (χ2n) is 6.88. The molecule has 9 heteroatoms. The van der Waals surface area contributed by atoms with Crippen molar-refractivity contribution in [1.29, 1.82) is 0 Å². The van der Waals surface area contributed by atoms with E-state index in [9.17, 15) is 12.8 Å². The highest BCUT2D eigenvalue weighted by Gasteiger charge is 2.23. The minimum Gasteiger partial charge on any atom is -0.370 e. The van der Waals surface area contributed by atoms with E-state index in [-0.39, 0.29) is 12.4 Å². The number of piperazine rings is 1. The molecule has 3 N–H and O–H groups in total. The van der Waals surface area contributed by atoms with Gasteiger partial charge in [-0.2, -0.15) is 0 Å². The van der Waals surface area contributed by atoms with Crippen molar-refractivity contribution in [2.45, 2.75) is 19.4 Å². The highest BCUT2D eigenvalue weighted by molar-refractivity contribution is 7.88. The number of hydrogen-bond acceptors (Lipinski definition) is 4. The third-order valence-corrected chi connectivity index (χ3v) is 4.82. The summed E-state index contributed by atoms with van der Waals surface area (Å²) in [4.78, 5) is 8.47. The van der Waals surface area contributed by atoms with Crippen molar-refractivity contribution in [3.63, 3.8) is 0 Å². The predicted octanol–water partition coefficient (Wildman–Crippen LogP) is 0.590. The van der Waals surface area contributed by atoms with Crippen LogP contribution in [0.2, 0.25) is 0 Å². The molecule has 1 aromatic rings. The highest BCUT2D eigenvalue weighted by Crippen LogP contribution is 2.17. The van der Waals surface area contributed by atoms with Gasteiger partial charge in [0.1, 0.15) is 5.82 Å². The minimum atomic E-state index is -3.30. The maximum Gasteiger partial charge on any atom is 0.209 e. The van der Waals surface area contributed by atoms with Gasteiger partial charge in [-0.05, 0) is 38.1 Å². The first-order valence-corrected chi connectivity index (χ1v) is 9.99. The average Bonchev–Trinajstić information content (AvgIpc) is 2.51. The molecule has 0 radical (unpaired) electrons. The zero-order valence-corrected chi connectivity index (χ0v) is 15.7. The van der Waals surface area contributed by atoms with Gasteiger partial charge in [-0.15, -0.1) is 0 Å². The number of nitrogens with one attached hydrogen (secondary N) is 1. The van der Waals surface area contributed by atoms with Crippen molar-refractivity contribution in [3.05, 3.63) is 30.1 Å². The Morgan fingerprint density at radius 1 is 1.24 bits per heavy atom. The lowest BCUT2D eigenvalue weighted by atomic mass is 10.1. The van der Waals surface area contributed by atoms with E-state index in [1.54, 1.807) is 26.0 Å². The fraction of sp³-hybridized carbons (Fsp3) is 0.562. The van der Waals surface area contributed by atoms with Crippen LogP contribution in [0.1, 0.15) is 13.8 Å². The molecule has 1 saturated heterocycles. The maximum atomic E-state index is 13.0. The van der Waals surface area contributed by atoms with Gasteiger partial charge in [0, 0.05) is 37.4 Å². The SMILES string of the molecule is CC(C)(CN=C(N)N1CCN(c2ccc(F)cc2)CC1)NS(C)(=O)=O. The van der Waals surface area contributed by atoms with Crippen molar-refractivity contribution >= 4 is 21.7 Å². The van der Waals surface area contributed by atoms with Crippen LogP contribution in [-0.2, 0) is 10.0 Å². The quantitative estimate of drug-likeness (QED) is 0.584. The van der Waals surface area contributed by atoms with Crippen molar-refractivity contribution < 1.29 is 12.8 Å². The smallest absolute Gasteiger partial charge is 0.209 e. The first-order valence-electron chi connectivity index (χ1n) is 8.10. The van der Waals surface area contributed by atoms with Crippen LogP contribution in [0, 0.1) is 5.82 Å². The topological polar surface area (TPSA) is 91.0 Å². The number of guanidine groups is 1. The summed E-state index contributed by atoms with van der Waals surface area (Å²) in [6.45, 7) is 6.69. The molecule has 0 unspecified atom stereocenters. The molecule has 0 aliphatic carbocycles. The number of rotatable bonds is 5. The number of nitrogens with two attached hydrogens (primary N) is 1. The molecule has 25 heavy (non-hydrogen) atoms. The van der Waals surface area contributed by atoms with Crippen LogP contribution in [-0.4, -0.2) is 63.8 Å². The summed E-state index contributed by atoms with van der Waals surface area (Å²) in [5.41, 5.74) is 6.34. The van der Waals surface area contributed by atoms with Gasteiger partial charge in [0.25, 0.3) is 0 Å². The van der Waals surface area contributed by atoms with E-state index in [1.165, 1.54) is 12.1 Å². The van der Waals surface area contributed by atoms with Crippen LogP contribution < -0.4 is 15.4 Å². The molecule has 1 heterocycles. The number of aliphatic imine (C=N–C) groups is 1. The first kappa shape index (κ1) is 19.5. The van der Waals surface area contributed by atoms with Crippen LogP contribution in [0.15, 0.2) is 29.3 Å². The number of anilines is 1. The normalized spacial score (nSPS) is 17.0. The van der Waals surface area contributed by atoms with Crippen LogP contribution >= 0.6 is 0 Å². The zero-order chi connectivity index (χ0) is 18.7. The average molecular weight is 371 g/mol. The molecule has 1 aliphatic heterocycles. The summed E-state index contributed by atoms with van der Waals surface area (Å²) < 4.78 is 38.3. The Kier molecular flexibility index (Phi) is 5.89. The van der Waals surface area contributed by atoms with Crippen molar-refractivity contribution in [2.24, 2.45) is 10.7 Å². The van der Waals surface area contributed by atoms with E-state index in [1.807, 2.05) is 4.90 Å². The van der Waals surface area contributed by atoms with E-state index in [0.717, 1.165) is 25.0 Å². The lowest BCUT2D eigenvalue weighted by molar-refractivity contribution is 0.377. The molecule has 0 amide bonds. The largest absolute Gasteiger partial charge is 0.370 e. The van der Waals surface area contributed by atoms with Gasteiger partial charge < -0.3 is 15.5 Å². The number of halogens is 1. The molecule has 0 bridgehead atoms. The summed E-state index contributed by atoms with van der Waals surface area (Å²) in [7, 11) is -3.30. The molecule has 7 nitrogen and oxygen atoms in total. The minimum absolute atomic E-state index is 0.246. The summed E-state index contributed by atoms with van der Waals surface area (Å²) in [6, 6.07) is 6.44. The van der Waals surface area contributed by atoms with Crippen LogP contribution in [0.3, 0.4) is 0 Å². The third-order valence-electron chi connectivity index (χ3n) is 3.89. The van der Waals surface area contributed by atoms with E-state index >= 15 is 0 Å². The zero-order valence-electron chi connectivity index (χ0n) is 14.9. The summed E-state index contributed by atoms with van der Waals surface area (Å²) in [5.74, 6) is 0.159. The number of nitrogens with zero attached hydrogens (tertiary/aromatic N) is 3. The van der Waals surface area contributed by atoms with E-state index in [4.69, 9.17) is 5.73 Å². The van der Waals surface area contributed by atoms with Crippen LogP contribution in [0.5, 0.6) is 0 Å². The molecular formula is C16H26FN5O2S. The molecule has 0 atom stereocenters. The van der Waals surface area contributed by atoms with Gasteiger partial charge in [-0.3, -0.25) is 4.99 Å². The Morgan fingerprint density at radius 3 is 2.32 bits per heavy atom. The van der Waals surface area contributed by atoms with Crippen LogP contribution in [0.4, 0.5) is 10.1 Å². The van der Waals surface area contributed by atoms with Crippen molar-refractivity contribution in [3.8, 4) is 0 Å².